The summed E-state index contributed by atoms with van der Waals surface area (Å²) in [6, 6.07) is 11.8. The van der Waals surface area contributed by atoms with Crippen molar-refractivity contribution in [2.45, 2.75) is 6.04 Å². The number of nitro groups is 1. The normalized spacial score (nSPS) is 17.3. The van der Waals surface area contributed by atoms with Crippen LogP contribution in [0.15, 0.2) is 70.9 Å². The number of aliphatic hydroxyl groups is 1. The molecular formula is C23H18N2O8. The number of non-ortho nitro benzene ring substituents is 1. The Morgan fingerprint density at radius 1 is 1.06 bits per heavy atom. The molecule has 1 amide bonds. The summed E-state index contributed by atoms with van der Waals surface area (Å²) in [7, 11) is 2.89. The van der Waals surface area contributed by atoms with Crippen LogP contribution in [-0.4, -0.2) is 35.9 Å². The number of nitro benzene ring substituents is 1. The summed E-state index contributed by atoms with van der Waals surface area (Å²) in [6.07, 6.45) is 1.37. The van der Waals surface area contributed by atoms with Crippen LogP contribution in [0, 0.1) is 10.1 Å². The Kier molecular flexibility index (Phi) is 5.57. The Morgan fingerprint density at radius 3 is 2.33 bits per heavy atom. The smallest absolute Gasteiger partial charge is 0.300 e. The molecule has 2 aromatic carbocycles. The average molecular weight is 450 g/mol. The maximum absolute atomic E-state index is 13.1. The van der Waals surface area contributed by atoms with Crippen molar-refractivity contribution in [1.82, 2.24) is 0 Å². The van der Waals surface area contributed by atoms with Crippen LogP contribution < -0.4 is 14.4 Å². The minimum absolute atomic E-state index is 0.0157. The first kappa shape index (κ1) is 21.6. The number of Topliss-reactive ketones (excluding diaryl/α,β-unsaturated/α-hetero) is 1. The fraction of sp³-hybridized carbons (Fsp3) is 0.130. The highest BCUT2D eigenvalue weighted by Crippen LogP contribution is 2.44. The fourth-order valence-electron chi connectivity index (χ4n) is 3.67. The molecule has 1 unspecified atom stereocenters. The van der Waals surface area contributed by atoms with Gasteiger partial charge in [-0.3, -0.25) is 24.6 Å². The molecule has 0 spiro atoms. The molecule has 10 nitrogen and oxygen atoms in total. The van der Waals surface area contributed by atoms with Gasteiger partial charge in [-0.05, 0) is 12.1 Å². The summed E-state index contributed by atoms with van der Waals surface area (Å²) in [5.74, 6) is -1.48. The Bertz CT molecular complexity index is 1260. The number of rotatable bonds is 6. The first-order chi connectivity index (χ1) is 15.8. The number of ether oxygens (including phenoxy) is 2. The van der Waals surface area contributed by atoms with E-state index in [4.69, 9.17) is 13.9 Å². The van der Waals surface area contributed by atoms with Crippen molar-refractivity contribution in [1.29, 1.82) is 0 Å². The van der Waals surface area contributed by atoms with E-state index < -0.39 is 28.4 Å². The summed E-state index contributed by atoms with van der Waals surface area (Å²) in [5, 5.41) is 22.2. The van der Waals surface area contributed by atoms with Gasteiger partial charge < -0.3 is 19.0 Å². The average Bonchev–Trinajstić information content (AvgIpc) is 3.45. The topological polar surface area (TPSA) is 132 Å². The second-order valence-corrected chi connectivity index (χ2v) is 7.06. The number of benzene rings is 2. The summed E-state index contributed by atoms with van der Waals surface area (Å²) < 4.78 is 16.0. The highest BCUT2D eigenvalue weighted by molar-refractivity contribution is 6.51. The molecule has 168 valence electrons. The van der Waals surface area contributed by atoms with Gasteiger partial charge in [-0.25, -0.2) is 0 Å². The van der Waals surface area contributed by atoms with Crippen LogP contribution in [0.3, 0.4) is 0 Å². The highest BCUT2D eigenvalue weighted by Gasteiger charge is 2.48. The Labute approximate surface area is 187 Å². The van der Waals surface area contributed by atoms with Crippen molar-refractivity contribution in [3.8, 4) is 11.5 Å². The van der Waals surface area contributed by atoms with E-state index in [2.05, 4.69) is 0 Å². The SMILES string of the molecule is COc1cc(OC)cc(N2C(=O)C(=O)/C(=C(\O)c3cccc([N+](=O)[O-])c3)C2c2ccco2)c1. The monoisotopic (exact) mass is 450 g/mol. The Morgan fingerprint density at radius 2 is 1.76 bits per heavy atom. The molecule has 10 heteroatoms. The van der Waals surface area contributed by atoms with Crippen LogP contribution in [0.5, 0.6) is 11.5 Å². The van der Waals surface area contributed by atoms with Gasteiger partial charge in [0.25, 0.3) is 17.4 Å². The number of aliphatic hydroxyl groups excluding tert-OH is 1. The number of ketones is 1. The van der Waals surface area contributed by atoms with E-state index in [1.165, 1.54) is 50.8 Å². The third-order valence-electron chi connectivity index (χ3n) is 5.20. The van der Waals surface area contributed by atoms with Gasteiger partial charge in [-0.1, -0.05) is 12.1 Å². The first-order valence-electron chi connectivity index (χ1n) is 9.68. The molecule has 1 N–H and O–H groups in total. The third kappa shape index (κ3) is 3.78. The number of amides is 1. The molecule has 2 heterocycles. The standard InChI is InChI=1S/C23H18N2O8/c1-31-16-10-15(11-17(12-16)32-2)24-20(18-7-4-8-33-18)19(22(27)23(24)28)21(26)13-5-3-6-14(9-13)25(29)30/h3-12,20,26H,1-2H3/b21-19-. The molecule has 33 heavy (non-hydrogen) atoms. The fourth-order valence-corrected chi connectivity index (χ4v) is 3.67. The van der Waals surface area contributed by atoms with Crippen LogP contribution in [0.1, 0.15) is 17.4 Å². The molecule has 0 bridgehead atoms. The van der Waals surface area contributed by atoms with Crippen LogP contribution in [0.4, 0.5) is 11.4 Å². The second kappa shape index (κ2) is 8.50. The van der Waals surface area contributed by atoms with Crippen LogP contribution in [0.2, 0.25) is 0 Å². The number of carbonyl (C=O) groups is 2. The minimum atomic E-state index is -1.13. The summed E-state index contributed by atoms with van der Waals surface area (Å²) in [5.41, 5.74) is -0.257. The molecule has 0 saturated carbocycles. The number of methoxy groups -OCH3 is 2. The quantitative estimate of drug-likeness (QED) is 0.197. The Balaban J connectivity index is 1.94. The molecule has 0 radical (unpaired) electrons. The van der Waals surface area contributed by atoms with Crippen LogP contribution in [-0.2, 0) is 9.59 Å². The zero-order valence-electron chi connectivity index (χ0n) is 17.6. The zero-order chi connectivity index (χ0) is 23.7. The van der Waals surface area contributed by atoms with E-state index in [1.807, 2.05) is 0 Å². The zero-order valence-corrected chi connectivity index (χ0v) is 17.6. The maximum Gasteiger partial charge on any atom is 0.300 e. The Hall–Kier alpha value is -4.60. The van der Waals surface area contributed by atoms with E-state index in [9.17, 15) is 24.8 Å². The maximum atomic E-state index is 13.1. The molecular weight excluding hydrogens is 432 g/mol. The van der Waals surface area contributed by atoms with E-state index >= 15 is 0 Å². The van der Waals surface area contributed by atoms with E-state index in [-0.39, 0.29) is 28.3 Å². The van der Waals surface area contributed by atoms with E-state index in [0.29, 0.717) is 11.5 Å². The number of carbonyl (C=O) groups excluding carboxylic acids is 2. The molecule has 1 saturated heterocycles. The lowest BCUT2D eigenvalue weighted by Crippen LogP contribution is -2.29. The van der Waals surface area contributed by atoms with Gasteiger partial charge in [0.15, 0.2) is 0 Å². The minimum Gasteiger partial charge on any atom is -0.507 e. The largest absolute Gasteiger partial charge is 0.507 e. The van der Waals surface area contributed by atoms with Gasteiger partial charge in [0, 0.05) is 35.9 Å². The number of nitrogens with zero attached hydrogens (tertiary/aromatic N) is 2. The van der Waals surface area contributed by atoms with Gasteiger partial charge in [0.1, 0.15) is 29.1 Å². The highest BCUT2D eigenvalue weighted by atomic mass is 16.6. The molecule has 1 fully saturated rings. The van der Waals surface area contributed by atoms with Crippen LogP contribution in [0.25, 0.3) is 5.76 Å². The molecule has 1 aromatic heterocycles. The molecule has 4 rings (SSSR count). The van der Waals surface area contributed by atoms with Crippen LogP contribution >= 0.6 is 0 Å². The number of hydrogen-bond acceptors (Lipinski definition) is 8. The molecule has 1 atom stereocenters. The van der Waals surface area contributed by atoms with Gasteiger partial charge in [0.2, 0.25) is 0 Å². The lowest BCUT2D eigenvalue weighted by molar-refractivity contribution is -0.384. The van der Waals surface area contributed by atoms with Gasteiger partial charge in [-0.15, -0.1) is 0 Å². The predicted octanol–water partition coefficient (Wildman–Crippen LogP) is 3.83. The predicted molar refractivity (Wildman–Crippen MR) is 116 cm³/mol. The number of anilines is 1. The van der Waals surface area contributed by atoms with E-state index in [1.54, 1.807) is 18.2 Å². The summed E-state index contributed by atoms with van der Waals surface area (Å²) in [6.45, 7) is 0. The van der Waals surface area contributed by atoms with Crippen molar-refractivity contribution in [2.24, 2.45) is 0 Å². The van der Waals surface area contributed by atoms with Crippen molar-refractivity contribution < 1.29 is 33.5 Å². The second-order valence-electron chi connectivity index (χ2n) is 7.06. The van der Waals surface area contributed by atoms with Gasteiger partial charge in [0.05, 0.1) is 36.7 Å². The number of hydrogen-bond donors (Lipinski definition) is 1. The third-order valence-corrected chi connectivity index (χ3v) is 5.20. The lowest BCUT2D eigenvalue weighted by atomic mass is 9.99. The molecule has 1 aliphatic rings. The van der Waals surface area contributed by atoms with Crippen molar-refractivity contribution >= 4 is 28.8 Å². The molecule has 1 aliphatic heterocycles. The van der Waals surface area contributed by atoms with Crippen molar-refractivity contribution in [3.05, 3.63) is 87.9 Å². The summed E-state index contributed by atoms with van der Waals surface area (Å²) in [4.78, 5) is 37.9. The molecule has 0 aliphatic carbocycles. The lowest BCUT2D eigenvalue weighted by Gasteiger charge is -2.24. The van der Waals surface area contributed by atoms with Gasteiger partial charge >= 0.3 is 0 Å². The molecule has 3 aromatic rings. The first-order valence-corrected chi connectivity index (χ1v) is 9.68. The number of furan rings is 1. The summed E-state index contributed by atoms with van der Waals surface area (Å²) >= 11 is 0. The van der Waals surface area contributed by atoms with Crippen molar-refractivity contribution in [3.63, 3.8) is 0 Å². The van der Waals surface area contributed by atoms with Gasteiger partial charge in [-0.2, -0.15) is 0 Å². The van der Waals surface area contributed by atoms with Crippen molar-refractivity contribution in [2.75, 3.05) is 19.1 Å². The van der Waals surface area contributed by atoms with E-state index in [0.717, 1.165) is 11.0 Å².